The molecule has 1 aromatic rings. The summed E-state index contributed by atoms with van der Waals surface area (Å²) in [6, 6.07) is 4.64. The van der Waals surface area contributed by atoms with E-state index in [-0.39, 0.29) is 5.75 Å². The molecule has 0 aliphatic rings. The summed E-state index contributed by atoms with van der Waals surface area (Å²) < 4.78 is 34.9. The van der Waals surface area contributed by atoms with Crippen LogP contribution in [-0.4, -0.2) is 30.9 Å². The molecule has 0 fully saturated rings. The van der Waals surface area contributed by atoms with Crippen LogP contribution in [0, 0.1) is 0 Å². The van der Waals surface area contributed by atoms with E-state index in [4.69, 9.17) is 9.29 Å². The molecule has 0 spiro atoms. The molecule has 0 heterocycles. The van der Waals surface area contributed by atoms with E-state index in [0.29, 0.717) is 16.9 Å². The number of hydrogen-bond donors (Lipinski definition) is 2. The van der Waals surface area contributed by atoms with Gasteiger partial charge in [0.1, 0.15) is 0 Å². The van der Waals surface area contributed by atoms with Crippen molar-refractivity contribution in [2.24, 2.45) is 0 Å². The van der Waals surface area contributed by atoms with Crippen LogP contribution in [0.25, 0.3) is 6.08 Å². The minimum atomic E-state index is -4.02. The fourth-order valence-corrected chi connectivity index (χ4v) is 2.06. The number of aromatic hydroxyl groups is 1. The SMILES string of the molecule is COc1cc(/C=C(/C)CS(=O)(=O)O)ccc1O. The molecule has 0 amide bonds. The quantitative estimate of drug-likeness (QED) is 0.803. The van der Waals surface area contributed by atoms with Gasteiger partial charge in [-0.2, -0.15) is 8.42 Å². The second-order valence-electron chi connectivity index (χ2n) is 3.65. The zero-order valence-corrected chi connectivity index (χ0v) is 10.4. The number of rotatable bonds is 4. The number of benzene rings is 1. The van der Waals surface area contributed by atoms with E-state index in [1.54, 1.807) is 25.1 Å². The Labute approximate surface area is 100 Å². The lowest BCUT2D eigenvalue weighted by atomic mass is 10.1. The lowest BCUT2D eigenvalue weighted by molar-refractivity contribution is 0.373. The molecule has 1 aromatic carbocycles. The van der Waals surface area contributed by atoms with Crippen molar-refractivity contribution in [1.29, 1.82) is 0 Å². The Bertz CT molecular complexity index is 531. The summed E-state index contributed by atoms with van der Waals surface area (Å²) in [6.07, 6.45) is 1.59. The monoisotopic (exact) mass is 258 g/mol. The molecule has 0 saturated heterocycles. The molecule has 6 heteroatoms. The van der Waals surface area contributed by atoms with Crippen LogP contribution in [0.15, 0.2) is 23.8 Å². The molecule has 0 aromatic heterocycles. The van der Waals surface area contributed by atoms with Crippen LogP contribution in [0.5, 0.6) is 11.5 Å². The zero-order chi connectivity index (χ0) is 13.1. The normalized spacial score (nSPS) is 12.5. The van der Waals surface area contributed by atoms with E-state index < -0.39 is 15.9 Å². The van der Waals surface area contributed by atoms with Gasteiger partial charge in [0.25, 0.3) is 10.1 Å². The van der Waals surface area contributed by atoms with E-state index >= 15 is 0 Å². The van der Waals surface area contributed by atoms with E-state index in [2.05, 4.69) is 0 Å². The number of ether oxygens (including phenoxy) is 1. The van der Waals surface area contributed by atoms with E-state index in [9.17, 15) is 13.5 Å². The van der Waals surface area contributed by atoms with Crippen molar-refractivity contribution >= 4 is 16.2 Å². The van der Waals surface area contributed by atoms with Gasteiger partial charge >= 0.3 is 0 Å². The largest absolute Gasteiger partial charge is 0.504 e. The summed E-state index contributed by atoms with van der Waals surface area (Å²) >= 11 is 0. The van der Waals surface area contributed by atoms with Gasteiger partial charge in [-0.3, -0.25) is 4.55 Å². The van der Waals surface area contributed by atoms with Crippen LogP contribution in [-0.2, 0) is 10.1 Å². The lowest BCUT2D eigenvalue weighted by Crippen LogP contribution is -2.04. The molecule has 0 bridgehead atoms. The summed E-state index contributed by atoms with van der Waals surface area (Å²) in [5, 5.41) is 9.37. The Kier molecular flexibility index (Phi) is 4.14. The highest BCUT2D eigenvalue weighted by Gasteiger charge is 2.06. The van der Waals surface area contributed by atoms with Crippen molar-refractivity contribution in [3.8, 4) is 11.5 Å². The summed E-state index contributed by atoms with van der Waals surface area (Å²) in [5.41, 5.74) is 1.17. The minimum Gasteiger partial charge on any atom is -0.504 e. The first-order chi connectivity index (χ1) is 7.81. The van der Waals surface area contributed by atoms with E-state index in [1.165, 1.54) is 13.2 Å². The molecule has 0 aliphatic heterocycles. The first-order valence-electron chi connectivity index (χ1n) is 4.81. The van der Waals surface area contributed by atoms with Gasteiger partial charge in [0, 0.05) is 0 Å². The molecule has 1 rings (SSSR count). The van der Waals surface area contributed by atoms with Gasteiger partial charge < -0.3 is 9.84 Å². The molecule has 17 heavy (non-hydrogen) atoms. The topological polar surface area (TPSA) is 83.8 Å². The first-order valence-corrected chi connectivity index (χ1v) is 6.42. The van der Waals surface area contributed by atoms with Gasteiger partial charge in [0.05, 0.1) is 12.9 Å². The van der Waals surface area contributed by atoms with Gasteiger partial charge in [-0.05, 0) is 24.6 Å². The third kappa shape index (κ3) is 4.46. The smallest absolute Gasteiger partial charge is 0.268 e. The number of phenolic OH excluding ortho intramolecular Hbond substituents is 1. The lowest BCUT2D eigenvalue weighted by Gasteiger charge is -2.04. The second-order valence-corrected chi connectivity index (χ2v) is 5.10. The maximum absolute atomic E-state index is 10.7. The van der Waals surface area contributed by atoms with Crippen LogP contribution in [0.4, 0.5) is 0 Å². The van der Waals surface area contributed by atoms with Crippen molar-refractivity contribution in [2.75, 3.05) is 12.9 Å². The van der Waals surface area contributed by atoms with E-state index in [1.807, 2.05) is 0 Å². The second kappa shape index (κ2) is 5.20. The van der Waals surface area contributed by atoms with Crippen LogP contribution < -0.4 is 4.74 Å². The average molecular weight is 258 g/mol. The van der Waals surface area contributed by atoms with Gasteiger partial charge in [0.15, 0.2) is 11.5 Å². The van der Waals surface area contributed by atoms with Gasteiger partial charge in [-0.1, -0.05) is 17.7 Å². The highest BCUT2D eigenvalue weighted by Crippen LogP contribution is 2.27. The maximum Gasteiger partial charge on any atom is 0.268 e. The predicted octanol–water partition coefficient (Wildman–Crippen LogP) is 1.69. The molecule has 0 atom stereocenters. The van der Waals surface area contributed by atoms with Crippen LogP contribution >= 0.6 is 0 Å². The fraction of sp³-hybridized carbons (Fsp3) is 0.273. The molecular weight excluding hydrogens is 244 g/mol. The number of phenols is 1. The molecular formula is C11H14O5S. The molecule has 94 valence electrons. The van der Waals surface area contributed by atoms with Crippen LogP contribution in [0.3, 0.4) is 0 Å². The Morgan fingerprint density at radius 3 is 2.65 bits per heavy atom. The zero-order valence-electron chi connectivity index (χ0n) is 9.54. The van der Waals surface area contributed by atoms with Gasteiger partial charge in [0.2, 0.25) is 0 Å². The standard InChI is InChI=1S/C11H14O5S/c1-8(7-17(13,14)15)5-9-3-4-10(12)11(6-9)16-2/h3-6,12H,7H2,1-2H3,(H,13,14,15)/b8-5-. The van der Waals surface area contributed by atoms with Gasteiger partial charge in [-0.25, -0.2) is 0 Å². The molecule has 0 aliphatic carbocycles. The van der Waals surface area contributed by atoms with Crippen LogP contribution in [0.1, 0.15) is 12.5 Å². The van der Waals surface area contributed by atoms with Crippen molar-refractivity contribution in [3.05, 3.63) is 29.3 Å². The Morgan fingerprint density at radius 2 is 2.12 bits per heavy atom. The van der Waals surface area contributed by atoms with Crippen molar-refractivity contribution < 1.29 is 22.8 Å². The van der Waals surface area contributed by atoms with Crippen molar-refractivity contribution in [3.63, 3.8) is 0 Å². The van der Waals surface area contributed by atoms with E-state index in [0.717, 1.165) is 0 Å². The third-order valence-corrected chi connectivity index (χ3v) is 2.85. The maximum atomic E-state index is 10.7. The molecule has 0 unspecified atom stereocenters. The van der Waals surface area contributed by atoms with Crippen LogP contribution in [0.2, 0.25) is 0 Å². The highest BCUT2D eigenvalue weighted by molar-refractivity contribution is 7.86. The summed E-state index contributed by atoms with van der Waals surface area (Å²) in [5.74, 6) is -0.105. The fourth-order valence-electron chi connectivity index (χ4n) is 1.40. The predicted molar refractivity (Wildman–Crippen MR) is 64.7 cm³/mol. The molecule has 5 nitrogen and oxygen atoms in total. The van der Waals surface area contributed by atoms with Gasteiger partial charge in [-0.15, -0.1) is 0 Å². The Morgan fingerprint density at radius 1 is 1.47 bits per heavy atom. The summed E-state index contributed by atoms with van der Waals surface area (Å²) in [7, 11) is -2.59. The third-order valence-electron chi connectivity index (χ3n) is 2.03. The van der Waals surface area contributed by atoms with Crippen molar-refractivity contribution in [1.82, 2.24) is 0 Å². The minimum absolute atomic E-state index is 0.0112. The Hall–Kier alpha value is -1.53. The molecule has 0 saturated carbocycles. The number of hydrogen-bond acceptors (Lipinski definition) is 4. The van der Waals surface area contributed by atoms with Crippen molar-refractivity contribution in [2.45, 2.75) is 6.92 Å². The first kappa shape index (κ1) is 13.5. The highest BCUT2D eigenvalue weighted by atomic mass is 32.2. The molecule has 2 N–H and O–H groups in total. The summed E-state index contributed by atoms with van der Waals surface area (Å²) in [6.45, 7) is 1.59. The number of methoxy groups -OCH3 is 1. The summed E-state index contributed by atoms with van der Waals surface area (Å²) in [4.78, 5) is 0. The Balaban J connectivity index is 2.98. The molecule has 0 radical (unpaired) electrons. The average Bonchev–Trinajstić information content (AvgIpc) is 2.18.